The van der Waals surface area contributed by atoms with Crippen molar-refractivity contribution in [3.05, 3.63) is 0 Å². The predicted octanol–water partition coefficient (Wildman–Crippen LogP) is 1.98. The molecule has 1 heterocycles. The van der Waals surface area contributed by atoms with Crippen LogP contribution in [0.15, 0.2) is 0 Å². The molecule has 0 radical (unpaired) electrons. The molecular formula is C9H19N. The van der Waals surface area contributed by atoms with Gasteiger partial charge in [0.1, 0.15) is 0 Å². The highest BCUT2D eigenvalue weighted by Gasteiger charge is 2.27. The van der Waals surface area contributed by atoms with Gasteiger partial charge in [0.2, 0.25) is 0 Å². The van der Waals surface area contributed by atoms with E-state index < -0.39 is 0 Å². The van der Waals surface area contributed by atoms with Crippen molar-refractivity contribution in [3.63, 3.8) is 0 Å². The molecular weight excluding hydrogens is 122 g/mol. The van der Waals surface area contributed by atoms with Gasteiger partial charge in [0, 0.05) is 19.1 Å². The van der Waals surface area contributed by atoms with E-state index in [1.165, 1.54) is 13.1 Å². The van der Waals surface area contributed by atoms with Crippen molar-refractivity contribution in [1.29, 1.82) is 0 Å². The van der Waals surface area contributed by atoms with Gasteiger partial charge < -0.3 is 0 Å². The van der Waals surface area contributed by atoms with Crippen molar-refractivity contribution >= 4 is 0 Å². The molecule has 0 amide bonds. The highest BCUT2D eigenvalue weighted by Crippen LogP contribution is 2.21. The summed E-state index contributed by atoms with van der Waals surface area (Å²) >= 11 is 0. The van der Waals surface area contributed by atoms with E-state index in [9.17, 15) is 0 Å². The van der Waals surface area contributed by atoms with Crippen LogP contribution >= 0.6 is 0 Å². The fraction of sp³-hybridized carbons (Fsp3) is 1.00. The number of rotatable bonds is 2. The molecule has 1 unspecified atom stereocenters. The molecule has 1 atom stereocenters. The molecule has 0 aromatic heterocycles. The van der Waals surface area contributed by atoms with Crippen LogP contribution in [0.25, 0.3) is 0 Å². The Kier molecular flexibility index (Phi) is 2.35. The van der Waals surface area contributed by atoms with Gasteiger partial charge in [-0.2, -0.15) is 0 Å². The van der Waals surface area contributed by atoms with E-state index >= 15 is 0 Å². The normalized spacial score (nSPS) is 24.9. The summed E-state index contributed by atoms with van der Waals surface area (Å²) in [5, 5.41) is 0. The Labute approximate surface area is 64.4 Å². The third kappa shape index (κ3) is 1.51. The summed E-state index contributed by atoms with van der Waals surface area (Å²) < 4.78 is 0. The lowest BCUT2D eigenvalue weighted by molar-refractivity contribution is 0.0493. The van der Waals surface area contributed by atoms with Gasteiger partial charge in [-0.1, -0.05) is 20.8 Å². The Hall–Kier alpha value is -0.0400. The van der Waals surface area contributed by atoms with Crippen LogP contribution in [0, 0.1) is 11.8 Å². The number of likely N-dealkylation sites (tertiary alicyclic amines) is 1. The lowest BCUT2D eigenvalue weighted by atomic mass is 9.95. The minimum absolute atomic E-state index is 0.788. The molecule has 1 aliphatic rings. The quantitative estimate of drug-likeness (QED) is 0.568. The van der Waals surface area contributed by atoms with Crippen LogP contribution in [0.5, 0.6) is 0 Å². The van der Waals surface area contributed by atoms with Gasteiger partial charge in [-0.3, -0.25) is 4.90 Å². The molecule has 1 aliphatic heterocycles. The van der Waals surface area contributed by atoms with Gasteiger partial charge in [-0.05, 0) is 18.8 Å². The van der Waals surface area contributed by atoms with Crippen LogP contribution in [0.4, 0.5) is 0 Å². The molecule has 1 fully saturated rings. The van der Waals surface area contributed by atoms with Gasteiger partial charge in [0.25, 0.3) is 0 Å². The number of nitrogens with zero attached hydrogens (tertiary/aromatic N) is 1. The lowest BCUT2D eigenvalue weighted by Crippen LogP contribution is -2.51. The zero-order chi connectivity index (χ0) is 7.72. The Morgan fingerprint density at radius 2 is 1.70 bits per heavy atom. The molecule has 0 aliphatic carbocycles. The molecule has 0 spiro atoms. The first-order chi connectivity index (χ1) is 4.61. The fourth-order valence-electron chi connectivity index (χ4n) is 1.50. The Balaban J connectivity index is 2.24. The first-order valence-electron chi connectivity index (χ1n) is 4.35. The van der Waals surface area contributed by atoms with Crippen molar-refractivity contribution in [1.82, 2.24) is 4.90 Å². The lowest BCUT2D eigenvalue weighted by Gasteiger charge is -2.43. The van der Waals surface area contributed by atoms with Crippen molar-refractivity contribution in [2.75, 3.05) is 13.1 Å². The molecule has 10 heavy (non-hydrogen) atoms. The summed E-state index contributed by atoms with van der Waals surface area (Å²) in [5.74, 6) is 1.76. The maximum Gasteiger partial charge on any atom is 0.00901 e. The minimum Gasteiger partial charge on any atom is -0.300 e. The molecule has 0 aromatic carbocycles. The van der Waals surface area contributed by atoms with Crippen LogP contribution in [-0.4, -0.2) is 24.0 Å². The van der Waals surface area contributed by atoms with Crippen molar-refractivity contribution in [2.45, 2.75) is 33.7 Å². The Morgan fingerprint density at radius 3 is 2.00 bits per heavy atom. The third-order valence-electron chi connectivity index (χ3n) is 2.63. The molecule has 0 aromatic rings. The smallest absolute Gasteiger partial charge is 0.00901 e. The summed E-state index contributed by atoms with van der Waals surface area (Å²) in [6, 6.07) is 0.788. The highest BCUT2D eigenvalue weighted by molar-refractivity contribution is 4.81. The van der Waals surface area contributed by atoms with E-state index in [2.05, 4.69) is 32.6 Å². The minimum atomic E-state index is 0.788. The zero-order valence-corrected chi connectivity index (χ0v) is 7.59. The average molecular weight is 141 g/mol. The molecule has 1 rings (SSSR count). The second-order valence-electron chi connectivity index (χ2n) is 4.04. The van der Waals surface area contributed by atoms with Gasteiger partial charge in [0.15, 0.2) is 0 Å². The van der Waals surface area contributed by atoms with E-state index in [0.717, 1.165) is 17.9 Å². The van der Waals surface area contributed by atoms with E-state index in [0.29, 0.717) is 0 Å². The molecule has 0 bridgehead atoms. The van der Waals surface area contributed by atoms with Gasteiger partial charge in [-0.25, -0.2) is 0 Å². The van der Waals surface area contributed by atoms with E-state index in [1.54, 1.807) is 0 Å². The van der Waals surface area contributed by atoms with Crippen molar-refractivity contribution < 1.29 is 0 Å². The summed E-state index contributed by atoms with van der Waals surface area (Å²) in [4.78, 5) is 2.56. The molecule has 1 nitrogen and oxygen atoms in total. The first-order valence-corrected chi connectivity index (χ1v) is 4.35. The number of hydrogen-bond acceptors (Lipinski definition) is 1. The van der Waals surface area contributed by atoms with Crippen LogP contribution in [0.3, 0.4) is 0 Å². The van der Waals surface area contributed by atoms with Crippen LogP contribution in [-0.2, 0) is 0 Å². The average Bonchev–Trinajstić information content (AvgIpc) is 1.79. The van der Waals surface area contributed by atoms with Crippen LogP contribution in [0.1, 0.15) is 27.7 Å². The van der Waals surface area contributed by atoms with Crippen LogP contribution < -0.4 is 0 Å². The zero-order valence-electron chi connectivity index (χ0n) is 7.59. The third-order valence-corrected chi connectivity index (χ3v) is 2.63. The monoisotopic (exact) mass is 141 g/mol. The van der Waals surface area contributed by atoms with Crippen molar-refractivity contribution in [3.8, 4) is 0 Å². The molecule has 1 heteroatoms. The molecule has 60 valence electrons. The first kappa shape index (κ1) is 8.06. The van der Waals surface area contributed by atoms with Gasteiger partial charge in [0.05, 0.1) is 0 Å². The van der Waals surface area contributed by atoms with E-state index in [-0.39, 0.29) is 0 Å². The second kappa shape index (κ2) is 2.91. The van der Waals surface area contributed by atoms with Crippen molar-refractivity contribution in [2.24, 2.45) is 11.8 Å². The standard InChI is InChI=1S/C9H19N/c1-7(2)9(4)10-5-8(3)6-10/h7-9H,5-6H2,1-4H3. The summed E-state index contributed by atoms with van der Waals surface area (Å²) in [7, 11) is 0. The van der Waals surface area contributed by atoms with E-state index in [1.807, 2.05) is 0 Å². The van der Waals surface area contributed by atoms with E-state index in [4.69, 9.17) is 0 Å². The molecule has 0 saturated carbocycles. The summed E-state index contributed by atoms with van der Waals surface area (Å²) in [5.41, 5.74) is 0. The Bertz CT molecular complexity index is 103. The predicted molar refractivity (Wildman–Crippen MR) is 45.0 cm³/mol. The maximum absolute atomic E-state index is 2.56. The molecule has 0 N–H and O–H groups in total. The van der Waals surface area contributed by atoms with Crippen LogP contribution in [0.2, 0.25) is 0 Å². The highest BCUT2D eigenvalue weighted by atomic mass is 15.2. The second-order valence-corrected chi connectivity index (χ2v) is 4.04. The molecule has 1 saturated heterocycles. The Morgan fingerprint density at radius 1 is 1.20 bits per heavy atom. The maximum atomic E-state index is 2.56. The van der Waals surface area contributed by atoms with Gasteiger partial charge >= 0.3 is 0 Å². The SMILES string of the molecule is CC1CN(C(C)C(C)C)C1. The fourth-order valence-corrected chi connectivity index (χ4v) is 1.50. The summed E-state index contributed by atoms with van der Waals surface area (Å²) in [6.45, 7) is 11.9. The number of hydrogen-bond donors (Lipinski definition) is 0. The summed E-state index contributed by atoms with van der Waals surface area (Å²) in [6.07, 6.45) is 0. The van der Waals surface area contributed by atoms with Gasteiger partial charge in [-0.15, -0.1) is 0 Å². The topological polar surface area (TPSA) is 3.24 Å². The largest absolute Gasteiger partial charge is 0.300 e.